The molecule has 0 spiro atoms. The van der Waals surface area contributed by atoms with E-state index in [1.807, 2.05) is 6.07 Å². The molecule has 0 unspecified atom stereocenters. The molecule has 5 heteroatoms. The summed E-state index contributed by atoms with van der Waals surface area (Å²) < 4.78 is 44.1. The molecular formula is C14H10F3NO. The van der Waals surface area contributed by atoms with Crippen LogP contribution >= 0.6 is 0 Å². The number of halogens is 3. The van der Waals surface area contributed by atoms with Gasteiger partial charge in [-0.2, -0.15) is 13.2 Å². The number of alkyl halides is 3. The number of para-hydroxylation sites is 2. The van der Waals surface area contributed by atoms with Crippen molar-refractivity contribution in [2.45, 2.75) is 13.1 Å². The Morgan fingerprint density at radius 3 is 2.47 bits per heavy atom. The van der Waals surface area contributed by atoms with Gasteiger partial charge in [0.15, 0.2) is 11.5 Å². The second kappa shape index (κ2) is 3.91. The molecule has 1 aliphatic heterocycles. The molecule has 0 aromatic heterocycles. The Bertz CT molecular complexity index is 650. The molecule has 0 amide bonds. The molecule has 2 aromatic carbocycles. The molecule has 98 valence electrons. The summed E-state index contributed by atoms with van der Waals surface area (Å²) in [5.41, 5.74) is 0.521. The lowest BCUT2D eigenvalue weighted by Crippen LogP contribution is -2.11. The highest BCUT2D eigenvalue weighted by molar-refractivity contribution is 5.78. The standard InChI is InChI=1S/C14H10F3NO/c1-8-9(14(15,16)17)6-7-12-13(8)18-10-4-2-3-5-11(10)19-12/h2-7,18H,1H3. The lowest BCUT2D eigenvalue weighted by molar-refractivity contribution is -0.138. The predicted molar refractivity (Wildman–Crippen MR) is 66.0 cm³/mol. The second-order valence-corrected chi connectivity index (χ2v) is 4.33. The van der Waals surface area contributed by atoms with Crippen LogP contribution in [-0.4, -0.2) is 0 Å². The Balaban J connectivity index is 2.12. The van der Waals surface area contributed by atoms with Crippen LogP contribution in [0.5, 0.6) is 11.5 Å². The summed E-state index contributed by atoms with van der Waals surface area (Å²) in [6.07, 6.45) is -4.36. The quantitative estimate of drug-likeness (QED) is 0.626. The van der Waals surface area contributed by atoms with Crippen molar-refractivity contribution in [1.82, 2.24) is 0 Å². The molecule has 0 bridgehead atoms. The van der Waals surface area contributed by atoms with Crippen molar-refractivity contribution in [1.29, 1.82) is 0 Å². The maximum atomic E-state index is 12.8. The Morgan fingerprint density at radius 1 is 1.00 bits per heavy atom. The summed E-state index contributed by atoms with van der Waals surface area (Å²) >= 11 is 0. The zero-order valence-corrected chi connectivity index (χ0v) is 10.0. The normalized spacial score (nSPS) is 13.1. The van der Waals surface area contributed by atoms with Crippen molar-refractivity contribution in [3.05, 3.63) is 47.5 Å². The number of nitrogens with one attached hydrogen (secondary N) is 1. The number of fused-ring (bicyclic) bond motifs is 2. The van der Waals surface area contributed by atoms with Crippen molar-refractivity contribution in [2.24, 2.45) is 0 Å². The number of hydrogen-bond donors (Lipinski definition) is 1. The van der Waals surface area contributed by atoms with E-state index < -0.39 is 11.7 Å². The van der Waals surface area contributed by atoms with E-state index in [2.05, 4.69) is 5.32 Å². The highest BCUT2D eigenvalue weighted by atomic mass is 19.4. The van der Waals surface area contributed by atoms with Gasteiger partial charge in [-0.3, -0.25) is 0 Å². The third-order valence-electron chi connectivity index (χ3n) is 3.10. The molecule has 0 aliphatic carbocycles. The fourth-order valence-corrected chi connectivity index (χ4v) is 2.15. The van der Waals surface area contributed by atoms with Gasteiger partial charge in [-0.15, -0.1) is 0 Å². The fourth-order valence-electron chi connectivity index (χ4n) is 2.15. The number of benzene rings is 2. The molecule has 0 fully saturated rings. The van der Waals surface area contributed by atoms with Gasteiger partial charge < -0.3 is 10.1 Å². The third kappa shape index (κ3) is 1.91. The molecular weight excluding hydrogens is 255 g/mol. The van der Waals surface area contributed by atoms with Gasteiger partial charge >= 0.3 is 6.18 Å². The van der Waals surface area contributed by atoms with Crippen molar-refractivity contribution in [2.75, 3.05) is 5.32 Å². The summed E-state index contributed by atoms with van der Waals surface area (Å²) in [6.45, 7) is 1.44. The summed E-state index contributed by atoms with van der Waals surface area (Å²) in [5.74, 6) is 1.01. The maximum absolute atomic E-state index is 12.8. The van der Waals surface area contributed by atoms with Crippen LogP contribution in [0.25, 0.3) is 0 Å². The van der Waals surface area contributed by atoms with Crippen LogP contribution in [0.1, 0.15) is 11.1 Å². The predicted octanol–water partition coefficient (Wildman–Crippen LogP) is 4.86. The van der Waals surface area contributed by atoms with E-state index in [9.17, 15) is 13.2 Å². The van der Waals surface area contributed by atoms with Crippen molar-refractivity contribution in [3.63, 3.8) is 0 Å². The van der Waals surface area contributed by atoms with Gasteiger partial charge in [0, 0.05) is 0 Å². The van der Waals surface area contributed by atoms with E-state index in [0.717, 1.165) is 6.07 Å². The van der Waals surface area contributed by atoms with Crippen LogP contribution in [0.3, 0.4) is 0 Å². The lowest BCUT2D eigenvalue weighted by Gasteiger charge is -2.24. The Kier molecular flexibility index (Phi) is 2.45. The third-order valence-corrected chi connectivity index (χ3v) is 3.10. The summed E-state index contributed by atoms with van der Waals surface area (Å²) in [4.78, 5) is 0. The molecule has 1 heterocycles. The van der Waals surface area contributed by atoms with Gasteiger partial charge in [0.1, 0.15) is 0 Å². The molecule has 1 N–H and O–H groups in total. The number of ether oxygens (including phenoxy) is 1. The summed E-state index contributed by atoms with van der Waals surface area (Å²) in [6, 6.07) is 9.51. The van der Waals surface area contributed by atoms with E-state index in [4.69, 9.17) is 4.74 Å². The molecule has 1 aliphatic rings. The zero-order valence-electron chi connectivity index (χ0n) is 10.0. The molecule has 0 atom stereocenters. The second-order valence-electron chi connectivity index (χ2n) is 4.33. The van der Waals surface area contributed by atoms with Crippen LogP contribution in [0.2, 0.25) is 0 Å². The smallest absolute Gasteiger partial charge is 0.416 e. The largest absolute Gasteiger partial charge is 0.453 e. The molecule has 19 heavy (non-hydrogen) atoms. The SMILES string of the molecule is Cc1c(C(F)(F)F)ccc2c1Nc1ccccc1O2. The first kappa shape index (κ1) is 11.9. The van der Waals surface area contributed by atoms with Crippen LogP contribution < -0.4 is 10.1 Å². The van der Waals surface area contributed by atoms with E-state index in [-0.39, 0.29) is 5.56 Å². The van der Waals surface area contributed by atoms with E-state index >= 15 is 0 Å². The molecule has 0 saturated heterocycles. The molecule has 2 nitrogen and oxygen atoms in total. The van der Waals surface area contributed by atoms with Crippen LogP contribution in [0, 0.1) is 6.92 Å². The average molecular weight is 265 g/mol. The minimum atomic E-state index is -4.36. The van der Waals surface area contributed by atoms with Gasteiger partial charge in [-0.05, 0) is 36.8 Å². The number of rotatable bonds is 0. The van der Waals surface area contributed by atoms with Gasteiger partial charge in [-0.1, -0.05) is 12.1 Å². The molecule has 0 radical (unpaired) electrons. The summed E-state index contributed by atoms with van der Waals surface area (Å²) in [5, 5.41) is 3.00. The first-order valence-electron chi connectivity index (χ1n) is 5.71. The van der Waals surface area contributed by atoms with E-state index in [1.165, 1.54) is 13.0 Å². The zero-order chi connectivity index (χ0) is 13.6. The van der Waals surface area contributed by atoms with E-state index in [0.29, 0.717) is 22.9 Å². The van der Waals surface area contributed by atoms with Crippen LogP contribution in [-0.2, 0) is 6.18 Å². The Morgan fingerprint density at radius 2 is 1.74 bits per heavy atom. The topological polar surface area (TPSA) is 21.3 Å². The number of hydrogen-bond acceptors (Lipinski definition) is 2. The number of anilines is 2. The van der Waals surface area contributed by atoms with Gasteiger partial charge in [0.2, 0.25) is 0 Å². The van der Waals surface area contributed by atoms with Gasteiger partial charge in [0.05, 0.1) is 16.9 Å². The fraction of sp³-hybridized carbons (Fsp3) is 0.143. The first-order chi connectivity index (χ1) is 8.97. The lowest BCUT2D eigenvalue weighted by atomic mass is 10.0. The van der Waals surface area contributed by atoms with Gasteiger partial charge in [-0.25, -0.2) is 0 Å². The first-order valence-corrected chi connectivity index (χ1v) is 5.71. The molecule has 2 aromatic rings. The highest BCUT2D eigenvalue weighted by Crippen LogP contribution is 2.46. The Labute approximate surface area is 107 Å². The van der Waals surface area contributed by atoms with E-state index in [1.54, 1.807) is 18.2 Å². The maximum Gasteiger partial charge on any atom is 0.416 e. The minimum Gasteiger partial charge on any atom is -0.453 e. The monoisotopic (exact) mass is 265 g/mol. The van der Waals surface area contributed by atoms with Crippen molar-refractivity contribution in [3.8, 4) is 11.5 Å². The minimum absolute atomic E-state index is 0.138. The highest BCUT2D eigenvalue weighted by Gasteiger charge is 2.34. The van der Waals surface area contributed by atoms with Crippen molar-refractivity contribution < 1.29 is 17.9 Å². The summed E-state index contributed by atoms with van der Waals surface area (Å²) in [7, 11) is 0. The Hall–Kier alpha value is -2.17. The van der Waals surface area contributed by atoms with Crippen LogP contribution in [0.15, 0.2) is 36.4 Å². The molecule has 3 rings (SSSR count). The van der Waals surface area contributed by atoms with Crippen LogP contribution in [0.4, 0.5) is 24.5 Å². The van der Waals surface area contributed by atoms with Gasteiger partial charge in [0.25, 0.3) is 0 Å². The molecule has 0 saturated carbocycles. The van der Waals surface area contributed by atoms with Crippen molar-refractivity contribution >= 4 is 11.4 Å². The average Bonchev–Trinajstić information content (AvgIpc) is 2.36.